The molecule has 1 saturated heterocycles. The van der Waals surface area contributed by atoms with E-state index in [2.05, 4.69) is 35.0 Å². The lowest BCUT2D eigenvalue weighted by Gasteiger charge is -2.40. The van der Waals surface area contributed by atoms with Gasteiger partial charge in [0.15, 0.2) is 0 Å². The van der Waals surface area contributed by atoms with Crippen LogP contribution in [0, 0.1) is 6.92 Å². The molecule has 2 aliphatic rings. The molecule has 0 bridgehead atoms. The number of rotatable bonds is 4. The largest absolute Gasteiger partial charge is 0.350 e. The number of fused-ring (bicyclic) bond motifs is 2. The predicted octanol–water partition coefficient (Wildman–Crippen LogP) is 4.00. The molecule has 7 heteroatoms. The molecule has 1 saturated carbocycles. The molecule has 2 aromatic carbocycles. The zero-order valence-corrected chi connectivity index (χ0v) is 18.3. The molecular formula is C24H26N4O2S. The van der Waals surface area contributed by atoms with E-state index < -0.39 is 6.04 Å². The number of amides is 2. The molecule has 3 atom stereocenters. The van der Waals surface area contributed by atoms with Gasteiger partial charge in [-0.15, -0.1) is 11.3 Å². The summed E-state index contributed by atoms with van der Waals surface area (Å²) in [6.07, 6.45) is 4.53. The van der Waals surface area contributed by atoms with Crippen molar-refractivity contribution in [2.24, 2.45) is 0 Å². The number of anilines is 1. The standard InChI is InChI=1S/C24H26N4O2S/c1-14-6-11-19-21(12-14)31-24(28-19)15-7-9-16(10-8-15)25-22(29)13-20-23(30)27-18-5-3-2-4-17(18)26-20/h6-12,17-18,20,26H,2-5,13H2,1H3,(H,25,29)(H,27,30). The maximum absolute atomic E-state index is 12.5. The number of benzene rings is 2. The summed E-state index contributed by atoms with van der Waals surface area (Å²) < 4.78 is 1.17. The average molecular weight is 435 g/mol. The van der Waals surface area contributed by atoms with Crippen LogP contribution in [-0.4, -0.2) is 34.9 Å². The smallest absolute Gasteiger partial charge is 0.237 e. The Kier molecular flexibility index (Phi) is 5.46. The topological polar surface area (TPSA) is 83.1 Å². The lowest BCUT2D eigenvalue weighted by molar-refractivity contribution is -0.129. The molecule has 1 aliphatic carbocycles. The molecule has 2 heterocycles. The molecule has 1 aromatic heterocycles. The third kappa shape index (κ3) is 4.34. The summed E-state index contributed by atoms with van der Waals surface area (Å²) in [6.45, 7) is 2.08. The van der Waals surface area contributed by atoms with Crippen molar-refractivity contribution in [1.82, 2.24) is 15.6 Å². The van der Waals surface area contributed by atoms with Crippen molar-refractivity contribution in [1.29, 1.82) is 0 Å². The van der Waals surface area contributed by atoms with Gasteiger partial charge in [0.05, 0.1) is 22.7 Å². The second-order valence-electron chi connectivity index (χ2n) is 8.55. The fourth-order valence-corrected chi connectivity index (χ4v) is 5.59. The van der Waals surface area contributed by atoms with Gasteiger partial charge in [0.2, 0.25) is 11.8 Å². The van der Waals surface area contributed by atoms with E-state index in [1.807, 2.05) is 30.3 Å². The Morgan fingerprint density at radius 1 is 1.13 bits per heavy atom. The first-order chi connectivity index (χ1) is 15.0. The Bertz CT molecular complexity index is 1120. The maximum Gasteiger partial charge on any atom is 0.237 e. The van der Waals surface area contributed by atoms with E-state index in [0.29, 0.717) is 0 Å². The molecule has 5 rings (SSSR count). The highest BCUT2D eigenvalue weighted by Crippen LogP contribution is 2.31. The Balaban J connectivity index is 1.22. The minimum atomic E-state index is -0.468. The lowest BCUT2D eigenvalue weighted by atomic mass is 9.87. The van der Waals surface area contributed by atoms with Crippen molar-refractivity contribution in [2.75, 3.05) is 5.32 Å². The fourth-order valence-electron chi connectivity index (χ4n) is 4.52. The number of aryl methyl sites for hydroxylation is 1. The SMILES string of the molecule is Cc1ccc2nc(-c3ccc(NC(=O)CC4NC5CCCCC5NC4=O)cc3)sc2c1. The van der Waals surface area contributed by atoms with Gasteiger partial charge < -0.3 is 16.0 Å². The molecule has 0 spiro atoms. The molecule has 3 aromatic rings. The highest BCUT2D eigenvalue weighted by atomic mass is 32.1. The number of nitrogens with zero attached hydrogens (tertiary/aromatic N) is 1. The first-order valence-corrected chi connectivity index (χ1v) is 11.7. The van der Waals surface area contributed by atoms with Gasteiger partial charge in [0, 0.05) is 23.3 Å². The summed E-state index contributed by atoms with van der Waals surface area (Å²) in [5, 5.41) is 10.4. The molecule has 0 radical (unpaired) electrons. The van der Waals surface area contributed by atoms with Crippen LogP contribution in [0.15, 0.2) is 42.5 Å². The van der Waals surface area contributed by atoms with Gasteiger partial charge in [0.1, 0.15) is 5.01 Å². The molecule has 6 nitrogen and oxygen atoms in total. The predicted molar refractivity (Wildman–Crippen MR) is 124 cm³/mol. The van der Waals surface area contributed by atoms with Crippen LogP contribution in [0.5, 0.6) is 0 Å². The van der Waals surface area contributed by atoms with E-state index in [1.165, 1.54) is 16.7 Å². The normalized spacial score (nSPS) is 23.3. The van der Waals surface area contributed by atoms with Gasteiger partial charge in [0.25, 0.3) is 0 Å². The van der Waals surface area contributed by atoms with Crippen molar-refractivity contribution >= 4 is 39.1 Å². The molecule has 2 amide bonds. The second kappa shape index (κ2) is 8.40. The Morgan fingerprint density at radius 2 is 1.90 bits per heavy atom. The average Bonchev–Trinajstić information content (AvgIpc) is 3.18. The van der Waals surface area contributed by atoms with Crippen LogP contribution in [0.4, 0.5) is 5.69 Å². The number of aromatic nitrogens is 1. The summed E-state index contributed by atoms with van der Waals surface area (Å²) in [7, 11) is 0. The molecular weight excluding hydrogens is 408 g/mol. The summed E-state index contributed by atoms with van der Waals surface area (Å²) in [6, 6.07) is 14.0. The first-order valence-electron chi connectivity index (χ1n) is 10.9. The Labute approximate surface area is 185 Å². The van der Waals surface area contributed by atoms with Crippen molar-refractivity contribution < 1.29 is 9.59 Å². The van der Waals surface area contributed by atoms with E-state index >= 15 is 0 Å². The molecule has 1 aliphatic heterocycles. The number of piperazine rings is 1. The summed E-state index contributed by atoms with van der Waals surface area (Å²) in [4.78, 5) is 29.6. The molecule has 31 heavy (non-hydrogen) atoms. The van der Waals surface area contributed by atoms with Crippen LogP contribution in [0.25, 0.3) is 20.8 Å². The second-order valence-corrected chi connectivity index (χ2v) is 9.58. The Hall–Kier alpha value is -2.77. The number of hydrogen-bond donors (Lipinski definition) is 3. The van der Waals surface area contributed by atoms with E-state index in [9.17, 15) is 9.59 Å². The van der Waals surface area contributed by atoms with E-state index in [4.69, 9.17) is 4.98 Å². The Morgan fingerprint density at radius 3 is 2.71 bits per heavy atom. The highest BCUT2D eigenvalue weighted by Gasteiger charge is 2.36. The quantitative estimate of drug-likeness (QED) is 0.580. The number of nitrogens with one attached hydrogen (secondary N) is 3. The zero-order chi connectivity index (χ0) is 21.4. The van der Waals surface area contributed by atoms with Crippen LogP contribution >= 0.6 is 11.3 Å². The van der Waals surface area contributed by atoms with Crippen LogP contribution < -0.4 is 16.0 Å². The number of carbonyl (C=O) groups excluding carboxylic acids is 2. The van der Waals surface area contributed by atoms with Gasteiger partial charge in [-0.3, -0.25) is 9.59 Å². The first kappa shape index (κ1) is 20.2. The monoisotopic (exact) mass is 434 g/mol. The fraction of sp³-hybridized carbons (Fsp3) is 0.375. The summed E-state index contributed by atoms with van der Waals surface area (Å²) in [5.41, 5.74) is 3.97. The molecule has 2 fully saturated rings. The number of carbonyl (C=O) groups is 2. The molecule has 3 unspecified atom stereocenters. The van der Waals surface area contributed by atoms with Gasteiger partial charge >= 0.3 is 0 Å². The zero-order valence-electron chi connectivity index (χ0n) is 17.5. The van der Waals surface area contributed by atoms with Crippen LogP contribution in [0.1, 0.15) is 37.7 Å². The van der Waals surface area contributed by atoms with Crippen molar-refractivity contribution in [2.45, 2.75) is 57.2 Å². The van der Waals surface area contributed by atoms with Crippen molar-refractivity contribution in [3.05, 3.63) is 48.0 Å². The number of hydrogen-bond acceptors (Lipinski definition) is 5. The van der Waals surface area contributed by atoms with E-state index in [0.717, 1.165) is 41.0 Å². The lowest BCUT2D eigenvalue weighted by Crippen LogP contribution is -2.65. The highest BCUT2D eigenvalue weighted by molar-refractivity contribution is 7.21. The van der Waals surface area contributed by atoms with Crippen LogP contribution in [-0.2, 0) is 9.59 Å². The van der Waals surface area contributed by atoms with E-state index in [1.54, 1.807) is 11.3 Å². The van der Waals surface area contributed by atoms with Crippen LogP contribution in [0.3, 0.4) is 0 Å². The van der Waals surface area contributed by atoms with Gasteiger partial charge in [-0.2, -0.15) is 0 Å². The van der Waals surface area contributed by atoms with Crippen molar-refractivity contribution in [3.8, 4) is 10.6 Å². The maximum atomic E-state index is 12.5. The third-order valence-electron chi connectivity index (χ3n) is 6.17. The number of thiazole rings is 1. The van der Waals surface area contributed by atoms with Crippen molar-refractivity contribution in [3.63, 3.8) is 0 Å². The van der Waals surface area contributed by atoms with Gasteiger partial charge in [-0.25, -0.2) is 4.98 Å². The minimum Gasteiger partial charge on any atom is -0.350 e. The third-order valence-corrected chi connectivity index (χ3v) is 7.24. The van der Waals surface area contributed by atoms with E-state index in [-0.39, 0.29) is 30.3 Å². The summed E-state index contributed by atoms with van der Waals surface area (Å²) in [5.74, 6) is -0.232. The summed E-state index contributed by atoms with van der Waals surface area (Å²) >= 11 is 1.67. The van der Waals surface area contributed by atoms with Gasteiger partial charge in [-0.05, 0) is 61.7 Å². The molecule has 3 N–H and O–H groups in total. The van der Waals surface area contributed by atoms with Gasteiger partial charge in [-0.1, -0.05) is 18.9 Å². The minimum absolute atomic E-state index is 0.0697. The van der Waals surface area contributed by atoms with Crippen LogP contribution in [0.2, 0.25) is 0 Å². The molecule has 160 valence electrons.